The fourth-order valence-electron chi connectivity index (χ4n) is 1.54. The quantitative estimate of drug-likeness (QED) is 0.569. The molecule has 0 amide bonds. The van der Waals surface area contributed by atoms with E-state index in [1.165, 1.54) is 6.33 Å². The van der Waals surface area contributed by atoms with Crippen LogP contribution in [0.1, 0.15) is 31.7 Å². The molecule has 0 saturated carbocycles. The zero-order chi connectivity index (χ0) is 13.4. The van der Waals surface area contributed by atoms with Crippen LogP contribution in [0.3, 0.4) is 0 Å². The number of halogens is 1. The highest BCUT2D eigenvalue weighted by atomic mass is 35.5. The fraction of sp³-hybridized carbons (Fsp3) is 0.667. The van der Waals surface area contributed by atoms with Gasteiger partial charge in [0.15, 0.2) is 0 Å². The van der Waals surface area contributed by atoms with Crippen LogP contribution in [-0.2, 0) is 0 Å². The zero-order valence-corrected chi connectivity index (χ0v) is 12.4. The van der Waals surface area contributed by atoms with E-state index in [1.54, 1.807) is 0 Å². The van der Waals surface area contributed by atoms with E-state index in [0.717, 1.165) is 35.9 Å². The van der Waals surface area contributed by atoms with Crippen LogP contribution < -0.4 is 5.32 Å². The second-order valence-electron chi connectivity index (χ2n) is 4.20. The highest BCUT2D eigenvalue weighted by molar-refractivity contribution is 7.99. The molecular formula is C12H20ClN3OS. The van der Waals surface area contributed by atoms with E-state index in [9.17, 15) is 0 Å². The second kappa shape index (κ2) is 8.56. The Morgan fingerprint density at radius 3 is 2.83 bits per heavy atom. The predicted molar refractivity (Wildman–Crippen MR) is 78.6 cm³/mol. The van der Waals surface area contributed by atoms with Gasteiger partial charge in [0.05, 0.1) is 0 Å². The molecule has 0 spiro atoms. The maximum atomic E-state index is 8.67. The molecule has 4 nitrogen and oxygen atoms in total. The smallest absolute Gasteiger partial charge is 0.138 e. The molecule has 1 aromatic rings. The highest BCUT2D eigenvalue weighted by Gasteiger charge is 2.12. The summed E-state index contributed by atoms with van der Waals surface area (Å²) in [6.07, 6.45) is 2.33. The molecule has 102 valence electrons. The summed E-state index contributed by atoms with van der Waals surface area (Å²) in [5.74, 6) is 3.09. The summed E-state index contributed by atoms with van der Waals surface area (Å²) in [6.45, 7) is 5.25. The minimum atomic E-state index is 0.263. The molecule has 18 heavy (non-hydrogen) atoms. The molecule has 0 radical (unpaired) electrons. The van der Waals surface area contributed by atoms with Crippen LogP contribution in [0.4, 0.5) is 5.82 Å². The highest BCUT2D eigenvalue weighted by Crippen LogP contribution is 2.27. The zero-order valence-electron chi connectivity index (χ0n) is 10.8. The molecule has 0 unspecified atom stereocenters. The minimum absolute atomic E-state index is 0.263. The first kappa shape index (κ1) is 15.5. The Hall–Kier alpha value is -0.520. The molecule has 0 aliphatic heterocycles. The predicted octanol–water partition coefficient (Wildman–Crippen LogP) is 2.78. The largest absolute Gasteiger partial charge is 0.396 e. The number of aliphatic hydroxyl groups is 1. The molecule has 0 bridgehead atoms. The van der Waals surface area contributed by atoms with Crippen molar-refractivity contribution in [2.24, 2.45) is 0 Å². The number of thioether (sulfide) groups is 1. The number of nitrogens with zero attached hydrogens (tertiary/aromatic N) is 2. The van der Waals surface area contributed by atoms with Gasteiger partial charge in [-0.05, 0) is 18.1 Å². The van der Waals surface area contributed by atoms with Gasteiger partial charge in [0.1, 0.15) is 17.3 Å². The van der Waals surface area contributed by atoms with Crippen molar-refractivity contribution in [2.45, 2.75) is 26.2 Å². The summed E-state index contributed by atoms with van der Waals surface area (Å²) in [5, 5.41) is 12.5. The number of nitrogens with one attached hydrogen (secondary N) is 1. The van der Waals surface area contributed by atoms with Gasteiger partial charge in [-0.25, -0.2) is 9.97 Å². The van der Waals surface area contributed by atoms with Crippen molar-refractivity contribution in [3.05, 3.63) is 17.0 Å². The molecule has 1 heterocycles. The Kier molecular flexibility index (Phi) is 7.39. The maximum Gasteiger partial charge on any atom is 0.138 e. The van der Waals surface area contributed by atoms with E-state index in [1.807, 2.05) is 11.8 Å². The molecule has 2 N–H and O–H groups in total. The second-order valence-corrected chi connectivity index (χ2v) is 5.78. The van der Waals surface area contributed by atoms with Crippen LogP contribution in [0, 0.1) is 0 Å². The summed E-state index contributed by atoms with van der Waals surface area (Å²) in [4.78, 5) is 8.25. The first-order valence-electron chi connectivity index (χ1n) is 6.09. The third-order valence-corrected chi connectivity index (χ3v) is 3.77. The van der Waals surface area contributed by atoms with Gasteiger partial charge in [0.25, 0.3) is 0 Å². The van der Waals surface area contributed by atoms with Crippen molar-refractivity contribution in [1.29, 1.82) is 0 Å². The lowest BCUT2D eigenvalue weighted by Gasteiger charge is -2.14. The molecule has 1 aromatic heterocycles. The van der Waals surface area contributed by atoms with E-state index >= 15 is 0 Å². The molecule has 1 rings (SSSR count). The van der Waals surface area contributed by atoms with Crippen molar-refractivity contribution in [1.82, 2.24) is 9.97 Å². The van der Waals surface area contributed by atoms with Crippen molar-refractivity contribution in [3.63, 3.8) is 0 Å². The Morgan fingerprint density at radius 1 is 1.39 bits per heavy atom. The SMILES string of the molecule is CC(C)c1c(Cl)ncnc1NCCSCCCO. The van der Waals surface area contributed by atoms with Crippen LogP contribution in [0.15, 0.2) is 6.33 Å². The number of rotatable bonds is 8. The van der Waals surface area contributed by atoms with Crippen molar-refractivity contribution >= 4 is 29.2 Å². The monoisotopic (exact) mass is 289 g/mol. The third kappa shape index (κ3) is 5.00. The van der Waals surface area contributed by atoms with E-state index < -0.39 is 0 Å². The molecule has 0 aliphatic rings. The molecule has 0 saturated heterocycles. The molecular weight excluding hydrogens is 270 g/mol. The van der Waals surface area contributed by atoms with E-state index in [-0.39, 0.29) is 6.61 Å². The fourth-order valence-corrected chi connectivity index (χ4v) is 2.67. The van der Waals surface area contributed by atoms with Crippen LogP contribution in [0.25, 0.3) is 0 Å². The van der Waals surface area contributed by atoms with Gasteiger partial charge in [0.2, 0.25) is 0 Å². The van der Waals surface area contributed by atoms with Gasteiger partial charge >= 0.3 is 0 Å². The summed E-state index contributed by atoms with van der Waals surface area (Å²) >= 11 is 7.90. The van der Waals surface area contributed by atoms with Gasteiger partial charge in [0, 0.05) is 24.5 Å². The van der Waals surface area contributed by atoms with E-state index in [4.69, 9.17) is 16.7 Å². The minimum Gasteiger partial charge on any atom is -0.396 e. The molecule has 0 atom stereocenters. The van der Waals surface area contributed by atoms with Gasteiger partial charge in [-0.1, -0.05) is 25.4 Å². The maximum absolute atomic E-state index is 8.67. The Morgan fingerprint density at radius 2 is 2.17 bits per heavy atom. The van der Waals surface area contributed by atoms with Crippen molar-refractivity contribution in [2.75, 3.05) is 30.0 Å². The number of aromatic nitrogens is 2. The van der Waals surface area contributed by atoms with Crippen LogP contribution in [0.5, 0.6) is 0 Å². The van der Waals surface area contributed by atoms with Gasteiger partial charge < -0.3 is 10.4 Å². The van der Waals surface area contributed by atoms with Crippen LogP contribution in [-0.4, -0.2) is 39.7 Å². The van der Waals surface area contributed by atoms with Crippen molar-refractivity contribution < 1.29 is 5.11 Å². The molecule has 0 aromatic carbocycles. The summed E-state index contributed by atoms with van der Waals surface area (Å²) in [6, 6.07) is 0. The molecule has 0 fully saturated rings. The topological polar surface area (TPSA) is 58.0 Å². The van der Waals surface area contributed by atoms with Gasteiger partial charge in [-0.3, -0.25) is 0 Å². The lowest BCUT2D eigenvalue weighted by molar-refractivity contribution is 0.296. The Balaban J connectivity index is 2.44. The number of anilines is 1. The van der Waals surface area contributed by atoms with Gasteiger partial charge in [-0.15, -0.1) is 0 Å². The average Bonchev–Trinajstić information content (AvgIpc) is 2.33. The average molecular weight is 290 g/mol. The Labute approximate surface area is 118 Å². The van der Waals surface area contributed by atoms with Gasteiger partial charge in [-0.2, -0.15) is 11.8 Å². The lowest BCUT2D eigenvalue weighted by atomic mass is 10.1. The first-order chi connectivity index (χ1) is 8.66. The van der Waals surface area contributed by atoms with E-state index in [0.29, 0.717) is 11.1 Å². The number of hydrogen-bond donors (Lipinski definition) is 2. The van der Waals surface area contributed by atoms with Crippen molar-refractivity contribution in [3.8, 4) is 0 Å². The van der Waals surface area contributed by atoms with Crippen LogP contribution >= 0.6 is 23.4 Å². The first-order valence-corrected chi connectivity index (χ1v) is 7.63. The number of hydrogen-bond acceptors (Lipinski definition) is 5. The third-order valence-electron chi connectivity index (χ3n) is 2.40. The Bertz CT molecular complexity index is 363. The van der Waals surface area contributed by atoms with E-state index in [2.05, 4.69) is 29.1 Å². The van der Waals surface area contributed by atoms with Crippen LogP contribution in [0.2, 0.25) is 5.15 Å². The molecule has 6 heteroatoms. The summed E-state index contributed by atoms with van der Waals surface area (Å²) in [5.41, 5.74) is 0.972. The lowest BCUT2D eigenvalue weighted by Crippen LogP contribution is -2.10. The normalized spacial score (nSPS) is 10.9. The summed E-state index contributed by atoms with van der Waals surface area (Å²) < 4.78 is 0. The number of aliphatic hydroxyl groups excluding tert-OH is 1. The standard InChI is InChI=1S/C12H20ClN3OS/c1-9(2)10-11(13)15-8-16-12(10)14-4-7-18-6-3-5-17/h8-9,17H,3-7H2,1-2H3,(H,14,15,16). The summed E-state index contributed by atoms with van der Waals surface area (Å²) in [7, 11) is 0. The molecule has 0 aliphatic carbocycles.